The minimum atomic E-state index is -4.04. The number of rotatable bonds is 11. The number of esters is 1. The van der Waals surface area contributed by atoms with Crippen LogP contribution in [0.15, 0.2) is 36.8 Å². The van der Waals surface area contributed by atoms with E-state index in [4.69, 9.17) is 4.74 Å². The number of hydrogen-bond donors (Lipinski definition) is 0. The van der Waals surface area contributed by atoms with Gasteiger partial charge in [0.2, 0.25) is 0 Å². The minimum Gasteiger partial charge on any atom is -0.465 e. The first kappa shape index (κ1) is 23.7. The van der Waals surface area contributed by atoms with Gasteiger partial charge in [-0.2, -0.15) is 18.3 Å². The number of carbonyl (C=O) groups excluding carboxylic acids is 1. The molecule has 0 fully saturated rings. The highest BCUT2D eigenvalue weighted by molar-refractivity contribution is 5.90. The van der Waals surface area contributed by atoms with E-state index in [0.29, 0.717) is 23.4 Å². The lowest BCUT2D eigenvalue weighted by atomic mass is 10.1. The molecule has 0 atom stereocenters. The number of aromatic nitrogens is 4. The van der Waals surface area contributed by atoms with Gasteiger partial charge >= 0.3 is 12.1 Å². The fourth-order valence-corrected chi connectivity index (χ4v) is 3.58. The fraction of sp³-hybridized carbons (Fsp3) is 0.478. The molecule has 0 unspecified atom stereocenters. The summed E-state index contributed by atoms with van der Waals surface area (Å²) in [7, 11) is 1.33. The van der Waals surface area contributed by atoms with E-state index >= 15 is 0 Å². The Morgan fingerprint density at radius 3 is 2.38 bits per heavy atom. The van der Waals surface area contributed by atoms with Crippen LogP contribution in [0.5, 0.6) is 0 Å². The second-order valence-corrected chi connectivity index (χ2v) is 7.76. The number of methoxy groups -OCH3 is 1. The van der Waals surface area contributed by atoms with Gasteiger partial charge in [0.25, 0.3) is 0 Å². The topological polar surface area (TPSA) is 69.9 Å². The normalized spacial score (nSPS) is 11.8. The van der Waals surface area contributed by atoms with Crippen LogP contribution >= 0.6 is 0 Å². The van der Waals surface area contributed by atoms with Crippen molar-refractivity contribution in [3.8, 4) is 11.4 Å². The maximum atomic E-state index is 12.1. The van der Waals surface area contributed by atoms with Crippen molar-refractivity contribution in [2.45, 2.75) is 64.1 Å². The highest BCUT2D eigenvalue weighted by Crippen LogP contribution is 2.24. The number of aryl methyl sites for hydroxylation is 1. The molecule has 0 spiro atoms. The van der Waals surface area contributed by atoms with E-state index in [0.717, 1.165) is 49.6 Å². The van der Waals surface area contributed by atoms with E-state index < -0.39 is 18.6 Å². The van der Waals surface area contributed by atoms with Gasteiger partial charge in [0.05, 0.1) is 42.0 Å². The summed E-state index contributed by atoms with van der Waals surface area (Å²) in [5.41, 5.74) is 2.56. The number of fused-ring (bicyclic) bond motifs is 1. The van der Waals surface area contributed by atoms with Crippen LogP contribution in [-0.4, -0.2) is 39.0 Å². The van der Waals surface area contributed by atoms with Crippen LogP contribution in [-0.2, 0) is 11.3 Å². The lowest BCUT2D eigenvalue weighted by molar-refractivity contribution is -0.135. The summed E-state index contributed by atoms with van der Waals surface area (Å²) < 4.78 is 43.0. The van der Waals surface area contributed by atoms with Gasteiger partial charge in [0.1, 0.15) is 0 Å². The Hall–Kier alpha value is -2.97. The third-order valence-corrected chi connectivity index (χ3v) is 5.30. The van der Waals surface area contributed by atoms with Crippen LogP contribution in [0.2, 0.25) is 0 Å². The number of halogens is 3. The highest BCUT2D eigenvalue weighted by Gasteiger charge is 2.25. The monoisotopic (exact) mass is 448 g/mol. The lowest BCUT2D eigenvalue weighted by Gasteiger charge is -2.06. The summed E-state index contributed by atoms with van der Waals surface area (Å²) >= 11 is 0. The molecule has 0 N–H and O–H groups in total. The van der Waals surface area contributed by atoms with Gasteiger partial charge in [-0.25, -0.2) is 4.79 Å². The Bertz CT molecular complexity index is 1030. The first-order valence-corrected chi connectivity index (χ1v) is 10.8. The van der Waals surface area contributed by atoms with Crippen LogP contribution in [0, 0.1) is 0 Å². The van der Waals surface area contributed by atoms with Crippen molar-refractivity contribution in [3.63, 3.8) is 0 Å². The number of hydrogen-bond acceptors (Lipinski definition) is 5. The number of ether oxygens (including phenoxy) is 1. The van der Waals surface area contributed by atoms with Crippen molar-refractivity contribution in [3.05, 3.63) is 42.4 Å². The zero-order chi connectivity index (χ0) is 23.0. The highest BCUT2D eigenvalue weighted by atomic mass is 19.4. The molecule has 6 nitrogen and oxygen atoms in total. The van der Waals surface area contributed by atoms with E-state index in [1.54, 1.807) is 30.7 Å². The van der Waals surface area contributed by atoms with Crippen molar-refractivity contribution in [2.24, 2.45) is 0 Å². The molecule has 3 aromatic rings. The molecule has 0 amide bonds. The predicted molar refractivity (Wildman–Crippen MR) is 115 cm³/mol. The maximum absolute atomic E-state index is 12.1. The van der Waals surface area contributed by atoms with E-state index in [9.17, 15) is 18.0 Å². The largest absolute Gasteiger partial charge is 0.465 e. The zero-order valence-corrected chi connectivity index (χ0v) is 18.1. The second-order valence-electron chi connectivity index (χ2n) is 7.76. The quantitative estimate of drug-likeness (QED) is 0.267. The molecule has 0 saturated carbocycles. The van der Waals surface area contributed by atoms with Gasteiger partial charge in [0.15, 0.2) is 0 Å². The molecule has 0 aliphatic heterocycles. The molecule has 0 bridgehead atoms. The van der Waals surface area contributed by atoms with E-state index in [-0.39, 0.29) is 6.42 Å². The van der Waals surface area contributed by atoms with Gasteiger partial charge < -0.3 is 4.74 Å². The summed E-state index contributed by atoms with van der Waals surface area (Å²) in [6, 6.07) is 5.13. The molecule has 0 radical (unpaired) electrons. The summed E-state index contributed by atoms with van der Waals surface area (Å²) in [6.07, 6.45) is 6.00. The molecule has 172 valence electrons. The van der Waals surface area contributed by atoms with Crippen molar-refractivity contribution < 1.29 is 22.7 Å². The molecule has 3 heterocycles. The van der Waals surface area contributed by atoms with Crippen LogP contribution in [0.3, 0.4) is 0 Å². The number of nitrogens with zero attached hydrogens (tertiary/aromatic N) is 4. The first-order chi connectivity index (χ1) is 15.4. The Morgan fingerprint density at radius 2 is 1.66 bits per heavy atom. The number of unbranched alkanes of at least 4 members (excludes halogenated alkanes) is 6. The Morgan fingerprint density at radius 1 is 0.969 bits per heavy atom. The van der Waals surface area contributed by atoms with Crippen LogP contribution < -0.4 is 0 Å². The fourth-order valence-electron chi connectivity index (χ4n) is 3.58. The van der Waals surface area contributed by atoms with Crippen molar-refractivity contribution in [2.75, 3.05) is 7.11 Å². The van der Waals surface area contributed by atoms with Crippen molar-refractivity contribution in [1.82, 2.24) is 19.7 Å². The molecular formula is C23H27F3N4O2. The Kier molecular flexibility index (Phi) is 8.19. The van der Waals surface area contributed by atoms with Crippen molar-refractivity contribution >= 4 is 16.9 Å². The molecule has 0 saturated heterocycles. The maximum Gasteiger partial charge on any atom is 0.389 e. The molecule has 9 heteroatoms. The average molecular weight is 448 g/mol. The van der Waals surface area contributed by atoms with Crippen LogP contribution in [0.4, 0.5) is 13.2 Å². The average Bonchev–Trinajstić information content (AvgIpc) is 3.19. The molecule has 3 rings (SSSR count). The Labute approximate surface area is 184 Å². The van der Waals surface area contributed by atoms with Gasteiger partial charge in [-0.3, -0.25) is 14.6 Å². The number of pyridine rings is 2. The number of carbonyl (C=O) groups is 1. The first-order valence-electron chi connectivity index (χ1n) is 10.8. The lowest BCUT2D eigenvalue weighted by Crippen LogP contribution is -2.06. The summed E-state index contributed by atoms with van der Waals surface area (Å²) in [4.78, 5) is 20.5. The standard InChI is InChI=1S/C23H27F3N4O2/c1-32-22(31)17-9-11-27-19(13-17)20-14-18-15-29-30(21(18)16-28-20)12-8-6-4-2-3-5-7-10-23(24,25)26/h9,11,13-16H,2-8,10,12H2,1H3. The molecule has 0 aliphatic carbocycles. The van der Waals surface area contributed by atoms with Crippen LogP contribution in [0.1, 0.15) is 61.7 Å². The predicted octanol–water partition coefficient (Wildman–Crippen LogP) is 5.96. The van der Waals surface area contributed by atoms with Crippen LogP contribution in [0.25, 0.3) is 22.3 Å². The Balaban J connectivity index is 1.48. The van der Waals surface area contributed by atoms with Gasteiger partial charge in [-0.15, -0.1) is 0 Å². The second kappa shape index (κ2) is 11.1. The number of alkyl halides is 3. The SMILES string of the molecule is COC(=O)c1ccnc(-c2cc3cnn(CCCCCCCCCC(F)(F)F)c3cn2)c1. The van der Waals surface area contributed by atoms with E-state index in [1.165, 1.54) is 7.11 Å². The van der Waals surface area contributed by atoms with E-state index in [2.05, 4.69) is 15.1 Å². The molecule has 3 aromatic heterocycles. The molecule has 32 heavy (non-hydrogen) atoms. The molecule has 0 aliphatic rings. The molecular weight excluding hydrogens is 421 g/mol. The smallest absolute Gasteiger partial charge is 0.389 e. The van der Waals surface area contributed by atoms with Crippen molar-refractivity contribution in [1.29, 1.82) is 0 Å². The van der Waals surface area contributed by atoms with E-state index in [1.807, 2.05) is 10.7 Å². The third-order valence-electron chi connectivity index (χ3n) is 5.30. The third kappa shape index (κ3) is 6.77. The summed E-state index contributed by atoms with van der Waals surface area (Å²) in [6.45, 7) is 0.759. The zero-order valence-electron chi connectivity index (χ0n) is 18.1. The summed E-state index contributed by atoms with van der Waals surface area (Å²) in [5.74, 6) is -0.427. The van der Waals surface area contributed by atoms with Gasteiger partial charge in [-0.1, -0.05) is 32.1 Å². The minimum absolute atomic E-state index is 0.222. The van der Waals surface area contributed by atoms with Gasteiger partial charge in [0, 0.05) is 24.5 Å². The van der Waals surface area contributed by atoms with Gasteiger partial charge in [-0.05, 0) is 31.0 Å². The molecule has 0 aromatic carbocycles. The summed E-state index contributed by atoms with van der Waals surface area (Å²) in [5, 5.41) is 5.38.